The smallest absolute Gasteiger partial charge is 0.227 e. The van der Waals surface area contributed by atoms with Crippen molar-refractivity contribution in [2.24, 2.45) is 0 Å². The van der Waals surface area contributed by atoms with Crippen molar-refractivity contribution in [1.82, 2.24) is 19.6 Å². The highest BCUT2D eigenvalue weighted by molar-refractivity contribution is 6.42. The first-order valence-corrected chi connectivity index (χ1v) is 16.3. The molecule has 0 saturated carbocycles. The van der Waals surface area contributed by atoms with E-state index in [1.165, 1.54) is 16.0 Å². The van der Waals surface area contributed by atoms with Gasteiger partial charge in [0, 0.05) is 59.4 Å². The molecular formula is C34H50Cl2N4O3. The largest absolute Gasteiger partial charge is 0.367 e. The molecule has 2 amide bonds. The predicted molar refractivity (Wildman–Crippen MR) is 177 cm³/mol. The maximum atomic E-state index is 13.6. The molecule has 1 atom stereocenters. The average molecular weight is 634 g/mol. The number of amides is 2. The van der Waals surface area contributed by atoms with Gasteiger partial charge in [-0.25, -0.2) is 0 Å². The maximum absolute atomic E-state index is 13.6. The van der Waals surface area contributed by atoms with Crippen LogP contribution in [0.1, 0.15) is 56.4 Å². The minimum absolute atomic E-state index is 0.151. The van der Waals surface area contributed by atoms with Crippen LogP contribution in [0.5, 0.6) is 0 Å². The summed E-state index contributed by atoms with van der Waals surface area (Å²) in [6.45, 7) is 15.6. The molecule has 0 bridgehead atoms. The van der Waals surface area contributed by atoms with Crippen LogP contribution in [-0.4, -0.2) is 104 Å². The van der Waals surface area contributed by atoms with E-state index in [1.807, 2.05) is 23.1 Å². The maximum Gasteiger partial charge on any atom is 0.227 e. The van der Waals surface area contributed by atoms with Crippen molar-refractivity contribution in [1.29, 1.82) is 0 Å². The number of hydrogen-bond acceptors (Lipinski definition) is 5. The summed E-state index contributed by atoms with van der Waals surface area (Å²) in [4.78, 5) is 31.5. The van der Waals surface area contributed by atoms with Gasteiger partial charge in [-0.05, 0) is 67.5 Å². The lowest BCUT2D eigenvalue weighted by molar-refractivity contribution is -0.154. The fourth-order valence-corrected chi connectivity index (χ4v) is 6.02. The van der Waals surface area contributed by atoms with E-state index in [0.717, 1.165) is 69.5 Å². The number of piperazine rings is 1. The van der Waals surface area contributed by atoms with E-state index in [-0.39, 0.29) is 5.91 Å². The minimum Gasteiger partial charge on any atom is -0.367 e. The number of nitrogens with zero attached hydrogens (tertiary/aromatic N) is 4. The molecule has 238 valence electrons. The van der Waals surface area contributed by atoms with E-state index < -0.39 is 5.60 Å². The van der Waals surface area contributed by atoms with E-state index in [0.29, 0.717) is 42.2 Å². The van der Waals surface area contributed by atoms with Crippen LogP contribution < -0.4 is 0 Å². The second-order valence-electron chi connectivity index (χ2n) is 12.1. The molecule has 7 nitrogen and oxygen atoms in total. The highest BCUT2D eigenvalue weighted by atomic mass is 35.5. The number of halogens is 2. The molecule has 4 rings (SSSR count). The van der Waals surface area contributed by atoms with E-state index in [9.17, 15) is 9.59 Å². The minimum atomic E-state index is -0.614. The molecular weight excluding hydrogens is 583 g/mol. The lowest BCUT2D eigenvalue weighted by atomic mass is 9.87. The number of benzene rings is 2. The van der Waals surface area contributed by atoms with Gasteiger partial charge in [-0.3, -0.25) is 14.5 Å². The van der Waals surface area contributed by atoms with Gasteiger partial charge in [0.1, 0.15) is 5.60 Å². The molecule has 43 heavy (non-hydrogen) atoms. The monoisotopic (exact) mass is 632 g/mol. The molecule has 1 unspecified atom stereocenters. The van der Waals surface area contributed by atoms with Crippen molar-refractivity contribution in [3.05, 3.63) is 68.7 Å². The summed E-state index contributed by atoms with van der Waals surface area (Å²) in [6.07, 6.45) is 3.90. The summed E-state index contributed by atoms with van der Waals surface area (Å²) < 4.78 is 6.57. The second-order valence-corrected chi connectivity index (χ2v) is 12.9. The Bertz CT molecular complexity index is 1180. The quantitative estimate of drug-likeness (QED) is 0.322. The molecule has 2 aromatic carbocycles. The number of carbonyl (C=O) groups is 2. The molecule has 2 aromatic rings. The normalized spacial score (nSPS) is 19.6. The Balaban J connectivity index is 0.000000934. The Kier molecular flexibility index (Phi) is 13.8. The van der Waals surface area contributed by atoms with Crippen molar-refractivity contribution in [3.63, 3.8) is 0 Å². The predicted octanol–water partition coefficient (Wildman–Crippen LogP) is 5.54. The summed E-state index contributed by atoms with van der Waals surface area (Å²) in [5.41, 5.74) is 4.05. The van der Waals surface area contributed by atoms with Crippen LogP contribution in [0.25, 0.3) is 0 Å². The first kappa shape index (κ1) is 35.3. The fraction of sp³-hybridized carbons (Fsp3) is 0.588. The first-order chi connectivity index (χ1) is 20.5. The molecule has 2 aliphatic heterocycles. The van der Waals surface area contributed by atoms with E-state index in [1.54, 1.807) is 14.1 Å². The van der Waals surface area contributed by atoms with Crippen LogP contribution in [0, 0.1) is 0 Å². The van der Waals surface area contributed by atoms with Gasteiger partial charge in [-0.1, -0.05) is 61.3 Å². The zero-order valence-corrected chi connectivity index (χ0v) is 28.4. The van der Waals surface area contributed by atoms with Crippen LogP contribution in [-0.2, 0) is 39.2 Å². The van der Waals surface area contributed by atoms with Gasteiger partial charge in [0.25, 0.3) is 0 Å². The van der Waals surface area contributed by atoms with E-state index in [2.05, 4.69) is 55.7 Å². The molecule has 0 aliphatic carbocycles. The van der Waals surface area contributed by atoms with Crippen LogP contribution in [0.4, 0.5) is 0 Å². The van der Waals surface area contributed by atoms with Crippen molar-refractivity contribution in [2.45, 2.75) is 65.0 Å². The number of hydrogen-bond donors (Lipinski definition) is 0. The molecule has 0 spiro atoms. The van der Waals surface area contributed by atoms with Crippen LogP contribution in [0.15, 0.2) is 36.4 Å². The molecule has 9 heteroatoms. The zero-order valence-electron chi connectivity index (χ0n) is 26.9. The standard InChI is InChI=1S/C31H43Cl2N3O2.C3H7NO/c1-5-24-17-25(6-2)19-26(18-24)20-30(37)36-15-16-38-31(22-36,27-7-8-28(32)29(33)21-27)9-10-34-11-13-35(14-12-34)23(3)4;1-4(2)3-5/h7-8,17-19,21,23H,5-6,9-16,20,22H2,1-4H3;3H,1-2H3. The van der Waals surface area contributed by atoms with Gasteiger partial charge in [-0.2, -0.15) is 0 Å². The summed E-state index contributed by atoms with van der Waals surface area (Å²) in [5.74, 6) is 0.151. The van der Waals surface area contributed by atoms with Gasteiger partial charge in [0.15, 0.2) is 0 Å². The molecule has 2 aliphatic rings. The number of rotatable bonds is 10. The Morgan fingerprint density at radius 2 is 1.56 bits per heavy atom. The van der Waals surface area contributed by atoms with E-state index >= 15 is 0 Å². The SMILES string of the molecule is CCc1cc(CC)cc(CC(=O)N2CCOC(CCN3CCN(C(C)C)CC3)(c3ccc(Cl)c(Cl)c3)C2)c1.CN(C)C=O. The number of morpholine rings is 1. The molecule has 2 heterocycles. The van der Waals surface area contributed by atoms with Crippen molar-refractivity contribution < 1.29 is 14.3 Å². The number of carbonyl (C=O) groups excluding carboxylic acids is 2. The summed E-state index contributed by atoms with van der Waals surface area (Å²) >= 11 is 12.7. The molecule has 0 aromatic heterocycles. The van der Waals surface area contributed by atoms with Crippen LogP contribution >= 0.6 is 23.2 Å². The highest BCUT2D eigenvalue weighted by Crippen LogP contribution is 2.37. The molecule has 2 fully saturated rings. The summed E-state index contributed by atoms with van der Waals surface area (Å²) in [5, 5.41) is 1.05. The highest BCUT2D eigenvalue weighted by Gasteiger charge is 2.40. The first-order valence-electron chi connectivity index (χ1n) is 15.6. The Labute approximate surface area is 269 Å². The Morgan fingerprint density at radius 3 is 2.09 bits per heavy atom. The summed E-state index contributed by atoms with van der Waals surface area (Å²) in [6, 6.07) is 13.0. The molecule has 0 radical (unpaired) electrons. The third kappa shape index (κ3) is 10.2. The molecule has 0 N–H and O–H groups in total. The molecule has 2 saturated heterocycles. The lowest BCUT2D eigenvalue weighted by Crippen LogP contribution is -2.54. The fourth-order valence-electron chi connectivity index (χ4n) is 5.72. The lowest BCUT2D eigenvalue weighted by Gasteiger charge is -2.45. The van der Waals surface area contributed by atoms with Gasteiger partial charge < -0.3 is 19.4 Å². The van der Waals surface area contributed by atoms with Gasteiger partial charge >= 0.3 is 0 Å². The van der Waals surface area contributed by atoms with Crippen molar-refractivity contribution in [3.8, 4) is 0 Å². The van der Waals surface area contributed by atoms with Gasteiger partial charge in [0.05, 0.1) is 29.6 Å². The number of ether oxygens (including phenoxy) is 1. The van der Waals surface area contributed by atoms with E-state index in [4.69, 9.17) is 27.9 Å². The Hall–Kier alpha value is -2.16. The summed E-state index contributed by atoms with van der Waals surface area (Å²) in [7, 11) is 3.38. The average Bonchev–Trinajstić information content (AvgIpc) is 3.01. The third-order valence-corrected chi connectivity index (χ3v) is 9.19. The Morgan fingerprint density at radius 1 is 0.953 bits per heavy atom. The second kappa shape index (κ2) is 16.8. The third-order valence-electron chi connectivity index (χ3n) is 8.45. The van der Waals surface area contributed by atoms with Crippen LogP contribution in [0.3, 0.4) is 0 Å². The van der Waals surface area contributed by atoms with Crippen LogP contribution in [0.2, 0.25) is 10.0 Å². The number of aryl methyl sites for hydroxylation is 2. The van der Waals surface area contributed by atoms with Crippen molar-refractivity contribution >= 4 is 35.5 Å². The zero-order chi connectivity index (χ0) is 31.6. The van der Waals surface area contributed by atoms with Crippen molar-refractivity contribution in [2.75, 3.05) is 66.5 Å². The topological polar surface area (TPSA) is 56.3 Å². The van der Waals surface area contributed by atoms with Gasteiger partial charge in [0.2, 0.25) is 12.3 Å². The van der Waals surface area contributed by atoms with Gasteiger partial charge in [-0.15, -0.1) is 0 Å².